The van der Waals surface area contributed by atoms with E-state index in [0.29, 0.717) is 0 Å². The zero-order chi connectivity index (χ0) is 13.3. The van der Waals surface area contributed by atoms with Crippen LogP contribution in [0.5, 0.6) is 0 Å². The van der Waals surface area contributed by atoms with Crippen molar-refractivity contribution in [2.24, 2.45) is 0 Å². The standard InChI is InChI=1S/C14H16BrN3O/c15-12-5-3-4-11(8-12)14(19)7-2-1-6-13(14)18-10-16-9-17-18/h3-5,8-10,13,19H,1-2,6-7H2. The zero-order valence-corrected chi connectivity index (χ0v) is 12.1. The molecular formula is C14H16BrN3O. The van der Waals surface area contributed by atoms with E-state index in [0.717, 1.165) is 35.7 Å². The van der Waals surface area contributed by atoms with Crippen LogP contribution >= 0.6 is 15.9 Å². The number of benzene rings is 1. The number of aliphatic hydroxyl groups is 1. The molecular weight excluding hydrogens is 306 g/mol. The minimum Gasteiger partial charge on any atom is -0.383 e. The van der Waals surface area contributed by atoms with Crippen LogP contribution in [0, 0.1) is 0 Å². The molecule has 0 aliphatic heterocycles. The van der Waals surface area contributed by atoms with Crippen LogP contribution in [0.1, 0.15) is 37.3 Å². The second kappa shape index (κ2) is 5.06. The van der Waals surface area contributed by atoms with Crippen molar-refractivity contribution in [2.75, 3.05) is 0 Å². The molecule has 1 fully saturated rings. The summed E-state index contributed by atoms with van der Waals surface area (Å²) in [7, 11) is 0. The van der Waals surface area contributed by atoms with E-state index in [4.69, 9.17) is 0 Å². The van der Waals surface area contributed by atoms with Crippen molar-refractivity contribution in [2.45, 2.75) is 37.3 Å². The Morgan fingerprint density at radius 1 is 1.37 bits per heavy atom. The summed E-state index contributed by atoms with van der Waals surface area (Å²) in [5.74, 6) is 0. The number of rotatable bonds is 2. The Morgan fingerprint density at radius 3 is 3.00 bits per heavy atom. The van der Waals surface area contributed by atoms with Crippen molar-refractivity contribution in [1.82, 2.24) is 14.8 Å². The maximum atomic E-state index is 11.2. The Hall–Kier alpha value is -1.20. The molecule has 1 saturated carbocycles. The van der Waals surface area contributed by atoms with Gasteiger partial charge in [0.25, 0.3) is 0 Å². The lowest BCUT2D eigenvalue weighted by Crippen LogP contribution is -2.39. The smallest absolute Gasteiger partial charge is 0.137 e. The summed E-state index contributed by atoms with van der Waals surface area (Å²) < 4.78 is 2.78. The molecule has 5 heteroatoms. The Labute approximate surface area is 120 Å². The topological polar surface area (TPSA) is 50.9 Å². The third kappa shape index (κ3) is 2.32. The highest BCUT2D eigenvalue weighted by Gasteiger charge is 2.42. The summed E-state index contributed by atoms with van der Waals surface area (Å²) in [5, 5.41) is 15.4. The molecule has 0 saturated heterocycles. The summed E-state index contributed by atoms with van der Waals surface area (Å²) in [4.78, 5) is 4.01. The first-order valence-electron chi connectivity index (χ1n) is 6.53. The van der Waals surface area contributed by atoms with E-state index >= 15 is 0 Å². The Bertz CT molecular complexity index is 558. The lowest BCUT2D eigenvalue weighted by Gasteiger charge is -2.40. The van der Waals surface area contributed by atoms with Crippen molar-refractivity contribution < 1.29 is 5.11 Å². The predicted molar refractivity (Wildman–Crippen MR) is 75.6 cm³/mol. The number of halogens is 1. The van der Waals surface area contributed by atoms with Crippen LogP contribution in [0.4, 0.5) is 0 Å². The quantitative estimate of drug-likeness (QED) is 0.924. The van der Waals surface area contributed by atoms with Crippen LogP contribution in [0.25, 0.3) is 0 Å². The fourth-order valence-corrected chi connectivity index (χ4v) is 3.36. The van der Waals surface area contributed by atoms with Gasteiger partial charge in [0.15, 0.2) is 0 Å². The normalized spacial score (nSPS) is 27.4. The van der Waals surface area contributed by atoms with Crippen LogP contribution in [-0.4, -0.2) is 19.9 Å². The van der Waals surface area contributed by atoms with Gasteiger partial charge in [-0.05, 0) is 30.5 Å². The third-order valence-electron chi connectivity index (χ3n) is 3.92. The molecule has 0 amide bonds. The van der Waals surface area contributed by atoms with Gasteiger partial charge in [-0.15, -0.1) is 0 Å². The summed E-state index contributed by atoms with van der Waals surface area (Å²) in [6.45, 7) is 0. The molecule has 1 heterocycles. The van der Waals surface area contributed by atoms with E-state index in [2.05, 4.69) is 26.0 Å². The van der Waals surface area contributed by atoms with Crippen LogP contribution in [0.2, 0.25) is 0 Å². The maximum Gasteiger partial charge on any atom is 0.137 e. The zero-order valence-electron chi connectivity index (χ0n) is 10.5. The van der Waals surface area contributed by atoms with Gasteiger partial charge in [-0.2, -0.15) is 5.10 Å². The predicted octanol–water partition coefficient (Wildman–Crippen LogP) is 3.04. The van der Waals surface area contributed by atoms with Crippen LogP contribution in [-0.2, 0) is 5.60 Å². The fourth-order valence-electron chi connectivity index (χ4n) is 2.96. The minimum atomic E-state index is -0.865. The SMILES string of the molecule is OC1(c2cccc(Br)c2)CCCCC1n1cncn1. The highest BCUT2D eigenvalue weighted by Crippen LogP contribution is 2.44. The molecule has 1 aromatic heterocycles. The van der Waals surface area contributed by atoms with Crippen LogP contribution in [0.3, 0.4) is 0 Å². The highest BCUT2D eigenvalue weighted by molar-refractivity contribution is 9.10. The molecule has 2 atom stereocenters. The summed E-state index contributed by atoms with van der Waals surface area (Å²) in [6, 6.07) is 7.87. The van der Waals surface area contributed by atoms with Gasteiger partial charge in [-0.3, -0.25) is 0 Å². The first-order valence-corrected chi connectivity index (χ1v) is 7.32. The van der Waals surface area contributed by atoms with E-state index in [9.17, 15) is 5.11 Å². The monoisotopic (exact) mass is 321 g/mol. The molecule has 100 valence electrons. The van der Waals surface area contributed by atoms with Crippen molar-refractivity contribution >= 4 is 15.9 Å². The second-order valence-electron chi connectivity index (χ2n) is 5.07. The Morgan fingerprint density at radius 2 is 2.26 bits per heavy atom. The molecule has 0 radical (unpaired) electrons. The lowest BCUT2D eigenvalue weighted by molar-refractivity contribution is -0.0517. The third-order valence-corrected chi connectivity index (χ3v) is 4.41. The van der Waals surface area contributed by atoms with Crippen LogP contribution in [0.15, 0.2) is 41.4 Å². The van der Waals surface area contributed by atoms with Gasteiger partial charge < -0.3 is 5.11 Å². The largest absolute Gasteiger partial charge is 0.383 e. The van der Waals surface area contributed by atoms with Crippen LogP contribution < -0.4 is 0 Å². The van der Waals surface area contributed by atoms with Gasteiger partial charge >= 0.3 is 0 Å². The number of hydrogen-bond donors (Lipinski definition) is 1. The maximum absolute atomic E-state index is 11.2. The Balaban J connectivity index is 2.03. The molecule has 2 aromatic rings. The van der Waals surface area contributed by atoms with E-state index in [-0.39, 0.29) is 6.04 Å². The summed E-state index contributed by atoms with van der Waals surface area (Å²) in [6.07, 6.45) is 7.05. The molecule has 1 N–H and O–H groups in total. The average molecular weight is 322 g/mol. The van der Waals surface area contributed by atoms with Gasteiger partial charge in [0.05, 0.1) is 6.04 Å². The number of hydrogen-bond acceptors (Lipinski definition) is 3. The minimum absolute atomic E-state index is 0.0435. The van der Waals surface area contributed by atoms with Crippen molar-refractivity contribution in [3.05, 3.63) is 47.0 Å². The summed E-state index contributed by atoms with van der Waals surface area (Å²) in [5.41, 5.74) is 0.0810. The molecule has 2 unspecified atom stereocenters. The van der Waals surface area contributed by atoms with Crippen molar-refractivity contribution in [3.8, 4) is 0 Å². The molecule has 1 aliphatic rings. The van der Waals surface area contributed by atoms with Gasteiger partial charge in [-0.25, -0.2) is 9.67 Å². The fraction of sp³-hybridized carbons (Fsp3) is 0.429. The van der Waals surface area contributed by atoms with Gasteiger partial charge in [0.2, 0.25) is 0 Å². The first kappa shape index (κ1) is 12.8. The molecule has 0 spiro atoms. The number of aromatic nitrogens is 3. The molecule has 4 nitrogen and oxygen atoms in total. The van der Waals surface area contributed by atoms with E-state index in [1.807, 2.05) is 24.3 Å². The number of nitrogens with zero attached hydrogens (tertiary/aromatic N) is 3. The lowest BCUT2D eigenvalue weighted by atomic mass is 9.76. The summed E-state index contributed by atoms with van der Waals surface area (Å²) >= 11 is 3.48. The second-order valence-corrected chi connectivity index (χ2v) is 5.99. The van der Waals surface area contributed by atoms with E-state index < -0.39 is 5.60 Å². The van der Waals surface area contributed by atoms with Gasteiger partial charge in [0.1, 0.15) is 18.3 Å². The molecule has 3 rings (SSSR count). The Kier molecular flexibility index (Phi) is 3.41. The van der Waals surface area contributed by atoms with Gasteiger partial charge in [0, 0.05) is 4.47 Å². The molecule has 1 aliphatic carbocycles. The molecule has 19 heavy (non-hydrogen) atoms. The van der Waals surface area contributed by atoms with E-state index in [1.165, 1.54) is 6.33 Å². The van der Waals surface area contributed by atoms with E-state index in [1.54, 1.807) is 11.0 Å². The molecule has 1 aromatic carbocycles. The molecule has 0 bridgehead atoms. The van der Waals surface area contributed by atoms with Crippen molar-refractivity contribution in [1.29, 1.82) is 0 Å². The first-order chi connectivity index (χ1) is 9.20. The van der Waals surface area contributed by atoms with Gasteiger partial charge in [-0.1, -0.05) is 40.9 Å². The highest BCUT2D eigenvalue weighted by atomic mass is 79.9. The van der Waals surface area contributed by atoms with Crippen molar-refractivity contribution in [3.63, 3.8) is 0 Å². The average Bonchev–Trinajstić information content (AvgIpc) is 2.93.